The SMILES string of the molecule is Cc1cnc(C(=O)OCC(=O)N(Cc2ccc(Cl)cc2)C23CC4CC(CC(C4)C2)C3)cn1. The van der Waals surface area contributed by atoms with Crippen molar-refractivity contribution in [3.05, 3.63) is 58.6 Å². The van der Waals surface area contributed by atoms with Crippen molar-refractivity contribution in [1.29, 1.82) is 0 Å². The third-order valence-electron chi connectivity index (χ3n) is 7.45. The minimum absolute atomic E-state index is 0.113. The molecule has 0 radical (unpaired) electrons. The lowest BCUT2D eigenvalue weighted by Gasteiger charge is -2.60. The molecule has 168 valence electrons. The van der Waals surface area contributed by atoms with Gasteiger partial charge >= 0.3 is 5.97 Å². The van der Waals surface area contributed by atoms with Crippen molar-refractivity contribution in [2.75, 3.05) is 6.61 Å². The van der Waals surface area contributed by atoms with Crippen molar-refractivity contribution in [1.82, 2.24) is 14.9 Å². The summed E-state index contributed by atoms with van der Waals surface area (Å²) in [7, 11) is 0. The second-order valence-corrected chi connectivity index (χ2v) is 10.3. The predicted octanol–water partition coefficient (Wildman–Crippen LogP) is 4.59. The molecule has 0 spiro atoms. The highest BCUT2D eigenvalue weighted by atomic mass is 35.5. The lowest BCUT2D eigenvalue weighted by Crippen LogP contribution is -2.61. The van der Waals surface area contributed by atoms with Gasteiger partial charge in [-0.2, -0.15) is 0 Å². The number of amides is 1. The Labute approximate surface area is 193 Å². The zero-order valence-corrected chi connectivity index (χ0v) is 19.1. The quantitative estimate of drug-likeness (QED) is 0.598. The summed E-state index contributed by atoms with van der Waals surface area (Å²) in [5, 5.41) is 0.676. The predicted molar refractivity (Wildman–Crippen MR) is 120 cm³/mol. The number of nitrogens with zero attached hydrogens (tertiary/aromatic N) is 3. The van der Waals surface area contributed by atoms with Crippen LogP contribution in [0.3, 0.4) is 0 Å². The van der Waals surface area contributed by atoms with Crippen molar-refractivity contribution < 1.29 is 14.3 Å². The first-order chi connectivity index (χ1) is 15.4. The second-order valence-electron chi connectivity index (χ2n) is 9.87. The van der Waals surface area contributed by atoms with E-state index >= 15 is 0 Å². The summed E-state index contributed by atoms with van der Waals surface area (Å²) in [6.45, 7) is 2.01. The molecule has 4 saturated carbocycles. The third kappa shape index (κ3) is 4.25. The Balaban J connectivity index is 1.35. The van der Waals surface area contributed by atoms with E-state index in [-0.39, 0.29) is 23.7 Å². The fourth-order valence-electron chi connectivity index (χ4n) is 6.47. The zero-order chi connectivity index (χ0) is 22.3. The number of halogens is 1. The van der Waals surface area contributed by atoms with E-state index < -0.39 is 5.97 Å². The van der Waals surface area contributed by atoms with Crippen molar-refractivity contribution >= 4 is 23.5 Å². The number of aromatic nitrogens is 2. The Hall–Kier alpha value is -2.47. The highest BCUT2D eigenvalue weighted by molar-refractivity contribution is 6.30. The Bertz CT molecular complexity index is 971. The molecule has 0 unspecified atom stereocenters. The summed E-state index contributed by atoms with van der Waals surface area (Å²) in [6, 6.07) is 7.65. The van der Waals surface area contributed by atoms with Gasteiger partial charge in [-0.15, -0.1) is 0 Å². The van der Waals surface area contributed by atoms with Crippen molar-refractivity contribution in [3.8, 4) is 0 Å². The van der Waals surface area contributed by atoms with Crippen LogP contribution in [0.25, 0.3) is 0 Å². The Kier molecular flexibility index (Phi) is 5.66. The monoisotopic (exact) mass is 453 g/mol. The van der Waals surface area contributed by atoms with Gasteiger partial charge in [0.2, 0.25) is 0 Å². The van der Waals surface area contributed by atoms with Gasteiger partial charge in [-0.05, 0) is 80.9 Å². The van der Waals surface area contributed by atoms with Crippen LogP contribution < -0.4 is 0 Å². The van der Waals surface area contributed by atoms with Gasteiger partial charge in [-0.1, -0.05) is 23.7 Å². The number of hydrogen-bond acceptors (Lipinski definition) is 5. The molecule has 0 atom stereocenters. The maximum absolute atomic E-state index is 13.5. The largest absolute Gasteiger partial charge is 0.451 e. The molecule has 4 fully saturated rings. The van der Waals surface area contributed by atoms with Crippen LogP contribution in [0.4, 0.5) is 0 Å². The lowest BCUT2D eigenvalue weighted by atomic mass is 9.52. The number of carbonyl (C=O) groups is 2. The molecule has 2 aromatic rings. The van der Waals surface area contributed by atoms with Crippen LogP contribution in [0.15, 0.2) is 36.7 Å². The topological polar surface area (TPSA) is 72.4 Å². The Morgan fingerprint density at radius 3 is 2.22 bits per heavy atom. The molecule has 0 N–H and O–H groups in total. The molecule has 0 saturated heterocycles. The number of hydrogen-bond donors (Lipinski definition) is 0. The normalized spacial score (nSPS) is 27.9. The van der Waals surface area contributed by atoms with E-state index in [0.29, 0.717) is 35.0 Å². The second kappa shape index (κ2) is 8.47. The van der Waals surface area contributed by atoms with Crippen molar-refractivity contribution in [2.45, 2.75) is 57.5 Å². The van der Waals surface area contributed by atoms with Gasteiger partial charge in [-0.3, -0.25) is 9.78 Å². The highest BCUT2D eigenvalue weighted by Gasteiger charge is 2.54. The highest BCUT2D eigenvalue weighted by Crippen LogP contribution is 2.58. The van der Waals surface area contributed by atoms with Crippen LogP contribution in [0.2, 0.25) is 5.02 Å². The van der Waals surface area contributed by atoms with Crippen molar-refractivity contribution in [2.24, 2.45) is 17.8 Å². The molecular formula is C25H28ClN3O3. The first-order valence-electron chi connectivity index (χ1n) is 11.4. The smallest absolute Gasteiger partial charge is 0.359 e. The minimum Gasteiger partial charge on any atom is -0.451 e. The average molecular weight is 454 g/mol. The van der Waals surface area contributed by atoms with Gasteiger partial charge < -0.3 is 9.64 Å². The molecule has 1 aromatic heterocycles. The number of benzene rings is 1. The van der Waals surface area contributed by atoms with E-state index in [2.05, 4.69) is 9.97 Å². The summed E-state index contributed by atoms with van der Waals surface area (Å²) >= 11 is 6.07. The molecule has 6 nitrogen and oxygen atoms in total. The van der Waals surface area contributed by atoms with E-state index in [1.54, 1.807) is 6.92 Å². The first kappa shape index (κ1) is 21.4. The van der Waals surface area contributed by atoms with E-state index in [1.165, 1.54) is 31.7 Å². The maximum atomic E-state index is 13.5. The number of rotatable bonds is 6. The summed E-state index contributed by atoms with van der Waals surface area (Å²) in [6.07, 6.45) is 9.93. The van der Waals surface area contributed by atoms with Crippen LogP contribution in [-0.2, 0) is 16.1 Å². The van der Waals surface area contributed by atoms with E-state index in [1.807, 2.05) is 29.2 Å². The minimum atomic E-state index is -0.622. The molecule has 4 aliphatic carbocycles. The maximum Gasteiger partial charge on any atom is 0.359 e. The average Bonchev–Trinajstić information content (AvgIpc) is 2.76. The standard InChI is InChI=1S/C25H28ClN3O3/c1-16-12-28-22(13-27-16)24(31)32-15-23(30)29(14-17-2-4-21(26)5-3-17)25-9-18-6-19(10-25)8-20(7-18)11-25/h2-5,12-13,18-20H,6-11,14-15H2,1H3. The molecule has 1 heterocycles. The molecule has 4 bridgehead atoms. The zero-order valence-electron chi connectivity index (χ0n) is 18.3. The van der Waals surface area contributed by atoms with Gasteiger partial charge in [0.1, 0.15) is 0 Å². The molecular weight excluding hydrogens is 426 g/mol. The third-order valence-corrected chi connectivity index (χ3v) is 7.70. The van der Waals surface area contributed by atoms with E-state index in [9.17, 15) is 9.59 Å². The lowest BCUT2D eigenvalue weighted by molar-refractivity contribution is -0.155. The molecule has 6 rings (SSSR count). The number of carbonyl (C=O) groups excluding carboxylic acids is 2. The summed E-state index contributed by atoms with van der Waals surface area (Å²) < 4.78 is 5.38. The van der Waals surface area contributed by atoms with E-state index in [0.717, 1.165) is 24.8 Å². The molecule has 7 heteroatoms. The molecule has 4 aliphatic rings. The fourth-order valence-corrected chi connectivity index (χ4v) is 6.59. The van der Waals surface area contributed by atoms with Gasteiger partial charge in [-0.25, -0.2) is 9.78 Å². The molecule has 0 aliphatic heterocycles. The molecule has 32 heavy (non-hydrogen) atoms. The summed E-state index contributed by atoms with van der Waals surface area (Å²) in [5.41, 5.74) is 1.73. The fraction of sp³-hybridized carbons (Fsp3) is 0.520. The summed E-state index contributed by atoms with van der Waals surface area (Å²) in [4.78, 5) is 36.1. The van der Waals surface area contributed by atoms with Gasteiger partial charge in [0.15, 0.2) is 12.3 Å². The summed E-state index contributed by atoms with van der Waals surface area (Å²) in [5.74, 6) is 1.34. The van der Waals surface area contributed by atoms with Crippen LogP contribution in [0.5, 0.6) is 0 Å². The van der Waals surface area contributed by atoms with Gasteiger partial charge in [0.05, 0.1) is 11.9 Å². The van der Waals surface area contributed by atoms with E-state index in [4.69, 9.17) is 16.3 Å². The number of ether oxygens (including phenoxy) is 1. The molecule has 1 aromatic carbocycles. The van der Waals surface area contributed by atoms with Crippen LogP contribution >= 0.6 is 11.6 Å². The number of aryl methyl sites for hydroxylation is 1. The number of esters is 1. The van der Waals surface area contributed by atoms with Crippen molar-refractivity contribution in [3.63, 3.8) is 0 Å². The van der Waals surface area contributed by atoms with Gasteiger partial charge in [0.25, 0.3) is 5.91 Å². The van der Waals surface area contributed by atoms with Crippen LogP contribution in [0, 0.1) is 24.7 Å². The van der Waals surface area contributed by atoms with Gasteiger partial charge in [0, 0.05) is 23.3 Å². The van der Waals surface area contributed by atoms with Crippen LogP contribution in [0.1, 0.15) is 60.3 Å². The van der Waals surface area contributed by atoms with Crippen LogP contribution in [-0.4, -0.2) is 38.9 Å². The Morgan fingerprint density at radius 1 is 1.03 bits per heavy atom. The Morgan fingerprint density at radius 2 is 1.66 bits per heavy atom. The first-order valence-corrected chi connectivity index (χ1v) is 11.8. The molecule has 1 amide bonds.